The summed E-state index contributed by atoms with van der Waals surface area (Å²) in [5, 5.41) is 2.31. The molecule has 0 saturated heterocycles. The van der Waals surface area contributed by atoms with Crippen LogP contribution < -0.4 is 5.32 Å². The zero-order valence-corrected chi connectivity index (χ0v) is 12.5. The zero-order chi connectivity index (χ0) is 15.3. The predicted molar refractivity (Wildman–Crippen MR) is 77.9 cm³/mol. The Labute approximate surface area is 127 Å². The molecule has 0 aliphatic rings. The fourth-order valence-corrected chi connectivity index (χ4v) is 1.87. The van der Waals surface area contributed by atoms with E-state index in [1.807, 2.05) is 5.32 Å². The van der Waals surface area contributed by atoms with Gasteiger partial charge >= 0.3 is 6.09 Å². The number of terminal acetylenes is 1. The smallest absolute Gasteiger partial charge is 0.415 e. The molecule has 0 heterocycles. The number of alkyl carbamates (subject to hydrolysis) is 1. The average molecular weight is 314 g/mol. The SMILES string of the molecule is C#C[C@@](C)(CC)OC(=O)NC(=O)c1c(Cl)cccc1Cl. The highest BCUT2D eigenvalue weighted by molar-refractivity contribution is 6.40. The predicted octanol–water partition coefficient (Wildman–Crippen LogP) is 3.66. The van der Waals surface area contributed by atoms with Gasteiger partial charge < -0.3 is 4.74 Å². The van der Waals surface area contributed by atoms with Gasteiger partial charge in [-0.3, -0.25) is 10.1 Å². The summed E-state index contributed by atoms with van der Waals surface area (Å²) < 4.78 is 5.02. The van der Waals surface area contributed by atoms with E-state index in [-0.39, 0.29) is 15.6 Å². The van der Waals surface area contributed by atoms with Crippen molar-refractivity contribution in [3.63, 3.8) is 0 Å². The maximum absolute atomic E-state index is 11.9. The summed E-state index contributed by atoms with van der Waals surface area (Å²) in [7, 11) is 0. The lowest BCUT2D eigenvalue weighted by Gasteiger charge is -2.22. The molecular formula is C14H13Cl2NO3. The number of halogens is 2. The van der Waals surface area contributed by atoms with Gasteiger partial charge in [-0.2, -0.15) is 0 Å². The van der Waals surface area contributed by atoms with Crippen LogP contribution in [-0.4, -0.2) is 17.6 Å². The van der Waals surface area contributed by atoms with Crippen LogP contribution in [-0.2, 0) is 4.74 Å². The fourth-order valence-electron chi connectivity index (χ4n) is 1.30. The van der Waals surface area contributed by atoms with Crippen molar-refractivity contribution in [3.8, 4) is 12.3 Å². The van der Waals surface area contributed by atoms with Crippen molar-refractivity contribution in [2.45, 2.75) is 25.9 Å². The van der Waals surface area contributed by atoms with Crippen LogP contribution in [0.5, 0.6) is 0 Å². The lowest BCUT2D eigenvalue weighted by Crippen LogP contribution is -2.38. The number of ether oxygens (including phenoxy) is 1. The van der Waals surface area contributed by atoms with Crippen molar-refractivity contribution in [2.24, 2.45) is 0 Å². The number of hydrogen-bond acceptors (Lipinski definition) is 3. The Hall–Kier alpha value is -1.70. The van der Waals surface area contributed by atoms with Gasteiger partial charge in [0.25, 0.3) is 5.91 Å². The number of hydrogen-bond donors (Lipinski definition) is 1. The van der Waals surface area contributed by atoms with Gasteiger partial charge in [-0.25, -0.2) is 4.79 Å². The second-order valence-electron chi connectivity index (χ2n) is 4.17. The molecule has 1 N–H and O–H groups in total. The maximum Gasteiger partial charge on any atom is 0.415 e. The molecule has 1 rings (SSSR count). The molecule has 0 radical (unpaired) electrons. The summed E-state index contributed by atoms with van der Waals surface area (Å²) in [6.45, 7) is 3.33. The first-order chi connectivity index (χ1) is 9.33. The van der Waals surface area contributed by atoms with Crippen LogP contribution in [0.15, 0.2) is 18.2 Å². The van der Waals surface area contributed by atoms with E-state index in [2.05, 4.69) is 5.92 Å². The second-order valence-corrected chi connectivity index (χ2v) is 4.98. The summed E-state index contributed by atoms with van der Waals surface area (Å²) >= 11 is 11.7. The first-order valence-electron chi connectivity index (χ1n) is 5.79. The van der Waals surface area contributed by atoms with Crippen LogP contribution in [0.3, 0.4) is 0 Å². The van der Waals surface area contributed by atoms with Gasteiger partial charge in [0.15, 0.2) is 5.60 Å². The molecule has 0 aliphatic heterocycles. The van der Waals surface area contributed by atoms with Crippen molar-refractivity contribution in [1.82, 2.24) is 5.32 Å². The molecule has 20 heavy (non-hydrogen) atoms. The van der Waals surface area contributed by atoms with Crippen molar-refractivity contribution in [3.05, 3.63) is 33.8 Å². The van der Waals surface area contributed by atoms with E-state index in [0.29, 0.717) is 6.42 Å². The fraction of sp³-hybridized carbons (Fsp3) is 0.286. The van der Waals surface area contributed by atoms with E-state index >= 15 is 0 Å². The molecule has 0 unspecified atom stereocenters. The minimum atomic E-state index is -1.07. The monoisotopic (exact) mass is 313 g/mol. The van der Waals surface area contributed by atoms with Crippen LogP contribution in [0.2, 0.25) is 10.0 Å². The van der Waals surface area contributed by atoms with Crippen LogP contribution in [0.25, 0.3) is 0 Å². The summed E-state index contributed by atoms with van der Waals surface area (Å²) in [6.07, 6.45) is 4.74. The van der Waals surface area contributed by atoms with Gasteiger partial charge in [0.1, 0.15) is 0 Å². The quantitative estimate of drug-likeness (QED) is 0.866. The molecular weight excluding hydrogens is 301 g/mol. The van der Waals surface area contributed by atoms with Gasteiger partial charge in [0, 0.05) is 0 Å². The average Bonchev–Trinajstić information content (AvgIpc) is 2.38. The Balaban J connectivity index is 2.82. The summed E-state index contributed by atoms with van der Waals surface area (Å²) in [5.74, 6) is 1.60. The molecule has 0 fully saturated rings. The maximum atomic E-state index is 11.9. The lowest BCUT2D eigenvalue weighted by molar-refractivity contribution is 0.0602. The normalized spacial score (nSPS) is 12.9. The molecule has 1 aromatic rings. The number of imide groups is 1. The van der Waals surface area contributed by atoms with E-state index in [1.54, 1.807) is 19.9 Å². The van der Waals surface area contributed by atoms with Gasteiger partial charge in [0.2, 0.25) is 0 Å². The first kappa shape index (κ1) is 16.4. The van der Waals surface area contributed by atoms with Gasteiger partial charge in [-0.15, -0.1) is 6.42 Å². The number of nitrogens with one attached hydrogen (secondary N) is 1. The summed E-state index contributed by atoms with van der Waals surface area (Å²) in [4.78, 5) is 23.6. The molecule has 1 aromatic carbocycles. The van der Waals surface area contributed by atoms with Crippen molar-refractivity contribution < 1.29 is 14.3 Å². The molecule has 0 bridgehead atoms. The van der Waals surface area contributed by atoms with Gasteiger partial charge in [-0.05, 0) is 25.5 Å². The molecule has 1 atom stereocenters. The highest BCUT2D eigenvalue weighted by Gasteiger charge is 2.26. The standard InChI is InChI=1S/C14H13Cl2NO3/c1-4-14(3,5-2)20-13(19)17-12(18)11-9(15)7-6-8-10(11)16/h1,6-8H,5H2,2-3H3,(H,17,18,19)/t14-/m0/s1. The van der Waals surface area contributed by atoms with E-state index in [1.165, 1.54) is 12.1 Å². The third-order valence-corrected chi connectivity index (χ3v) is 3.33. The first-order valence-corrected chi connectivity index (χ1v) is 6.54. The Morgan fingerprint density at radius 1 is 1.40 bits per heavy atom. The van der Waals surface area contributed by atoms with E-state index < -0.39 is 17.6 Å². The molecule has 2 amide bonds. The Bertz CT molecular complexity index is 560. The largest absolute Gasteiger partial charge is 0.430 e. The minimum Gasteiger partial charge on any atom is -0.430 e. The molecule has 0 spiro atoms. The number of carbonyl (C=O) groups excluding carboxylic acids is 2. The van der Waals surface area contributed by atoms with Crippen molar-refractivity contribution in [1.29, 1.82) is 0 Å². The number of benzene rings is 1. The van der Waals surface area contributed by atoms with Crippen LogP contribution in [0, 0.1) is 12.3 Å². The third kappa shape index (κ3) is 3.89. The van der Waals surface area contributed by atoms with E-state index in [4.69, 9.17) is 34.4 Å². The van der Waals surface area contributed by atoms with Crippen LogP contribution in [0.4, 0.5) is 4.79 Å². The summed E-state index contributed by atoms with van der Waals surface area (Å²) in [5.41, 5.74) is -1.07. The van der Waals surface area contributed by atoms with Gasteiger partial charge in [0.05, 0.1) is 15.6 Å². The van der Waals surface area contributed by atoms with Crippen LogP contribution >= 0.6 is 23.2 Å². The number of carbonyl (C=O) groups is 2. The highest BCUT2D eigenvalue weighted by Crippen LogP contribution is 2.24. The number of rotatable bonds is 3. The zero-order valence-electron chi connectivity index (χ0n) is 11.0. The third-order valence-electron chi connectivity index (χ3n) is 2.70. The highest BCUT2D eigenvalue weighted by atomic mass is 35.5. The van der Waals surface area contributed by atoms with Crippen molar-refractivity contribution >= 4 is 35.2 Å². The molecule has 0 aliphatic carbocycles. The lowest BCUT2D eigenvalue weighted by atomic mass is 10.1. The minimum absolute atomic E-state index is 0.00620. The van der Waals surface area contributed by atoms with Crippen LogP contribution in [0.1, 0.15) is 30.6 Å². The Morgan fingerprint density at radius 3 is 2.40 bits per heavy atom. The molecule has 0 aromatic heterocycles. The second kappa shape index (κ2) is 6.65. The van der Waals surface area contributed by atoms with Crippen molar-refractivity contribution in [2.75, 3.05) is 0 Å². The molecule has 106 valence electrons. The molecule has 0 saturated carbocycles. The van der Waals surface area contributed by atoms with E-state index in [0.717, 1.165) is 0 Å². The summed E-state index contributed by atoms with van der Waals surface area (Å²) in [6, 6.07) is 4.57. The molecule has 4 nitrogen and oxygen atoms in total. The Kier molecular flexibility index (Phi) is 5.43. The Morgan fingerprint density at radius 2 is 1.95 bits per heavy atom. The van der Waals surface area contributed by atoms with Gasteiger partial charge in [-0.1, -0.05) is 42.1 Å². The topological polar surface area (TPSA) is 55.4 Å². The molecule has 6 heteroatoms. The van der Waals surface area contributed by atoms with E-state index in [9.17, 15) is 9.59 Å². The number of amides is 2.